The van der Waals surface area contributed by atoms with E-state index in [-0.39, 0.29) is 22.0 Å². The van der Waals surface area contributed by atoms with Crippen LogP contribution >= 0.6 is 0 Å². The first-order valence-corrected chi connectivity index (χ1v) is 9.64. The quantitative estimate of drug-likeness (QED) is 0.479. The zero-order valence-electron chi connectivity index (χ0n) is 14.2. The first-order valence-electron chi connectivity index (χ1n) is 8.16. The van der Waals surface area contributed by atoms with Gasteiger partial charge < -0.3 is 4.79 Å². The summed E-state index contributed by atoms with van der Waals surface area (Å²) in [6.07, 6.45) is 7.02. The van der Waals surface area contributed by atoms with Gasteiger partial charge in [-0.2, -0.15) is 0 Å². The van der Waals surface area contributed by atoms with E-state index in [1.54, 1.807) is 24.3 Å². The van der Waals surface area contributed by atoms with Crippen molar-refractivity contribution >= 4 is 28.3 Å². The maximum Gasteiger partial charge on any atom is 0.208 e. The number of carbonyl (C=O) groups is 1. The number of pyridine rings is 1. The van der Waals surface area contributed by atoms with Crippen molar-refractivity contribution in [1.82, 2.24) is 4.98 Å². The van der Waals surface area contributed by atoms with Gasteiger partial charge in [-0.15, -0.1) is 0 Å². The van der Waals surface area contributed by atoms with Gasteiger partial charge in [0.05, 0.1) is 9.79 Å². The molecule has 0 radical (unpaired) electrons. The highest BCUT2D eigenvalue weighted by atomic mass is 32.2. The lowest BCUT2D eigenvalue weighted by atomic mass is 10.1. The summed E-state index contributed by atoms with van der Waals surface area (Å²) < 4.78 is 38.6. The highest BCUT2D eigenvalue weighted by molar-refractivity contribution is 7.91. The molecule has 0 unspecified atom stereocenters. The summed E-state index contributed by atoms with van der Waals surface area (Å²) in [7, 11) is -3.77. The van der Waals surface area contributed by atoms with E-state index in [0.29, 0.717) is 11.8 Å². The van der Waals surface area contributed by atoms with Gasteiger partial charge in [0.1, 0.15) is 12.1 Å². The third-order valence-corrected chi connectivity index (χ3v) is 5.83. The molecular weight excluding hydrogens is 365 g/mol. The highest BCUT2D eigenvalue weighted by Crippen LogP contribution is 2.24. The molecule has 27 heavy (non-hydrogen) atoms. The zero-order chi connectivity index (χ0) is 19.3. The van der Waals surface area contributed by atoms with E-state index in [9.17, 15) is 17.6 Å². The molecule has 3 rings (SSSR count). The van der Waals surface area contributed by atoms with E-state index in [4.69, 9.17) is 0 Å². The van der Waals surface area contributed by atoms with Crippen LogP contribution in [0, 0.1) is 5.82 Å². The van der Waals surface area contributed by atoms with Gasteiger partial charge in [-0.3, -0.25) is 4.98 Å². The topological polar surface area (TPSA) is 64.1 Å². The normalized spacial score (nSPS) is 11.6. The molecule has 0 N–H and O–H groups in total. The fourth-order valence-corrected chi connectivity index (χ4v) is 4.01. The monoisotopic (exact) mass is 381 g/mol. The summed E-state index contributed by atoms with van der Waals surface area (Å²) in [5, 5.41) is 0. The maximum atomic E-state index is 12.9. The average Bonchev–Trinajstić information content (AvgIpc) is 2.68. The first-order chi connectivity index (χ1) is 13.0. The SMILES string of the molecule is O=CCc1ccncc1S(=O)(=O)c1ccc(C=Cc2ccc(F)cc2)cc1. The van der Waals surface area contributed by atoms with E-state index in [0.717, 1.165) is 11.1 Å². The van der Waals surface area contributed by atoms with Gasteiger partial charge in [-0.05, 0) is 47.0 Å². The number of nitrogens with zero attached hydrogens (tertiary/aromatic N) is 1. The smallest absolute Gasteiger partial charge is 0.208 e. The standard InChI is InChI=1S/C21H16FNO3S/c22-19-7-3-16(4-8-19)1-2-17-5-9-20(10-6-17)27(25,26)21-15-23-13-11-18(21)12-14-24/h1-11,13-15H,12H2. The minimum Gasteiger partial charge on any atom is -0.303 e. The van der Waals surface area contributed by atoms with Crippen LogP contribution < -0.4 is 0 Å². The molecule has 1 heterocycles. The number of halogens is 1. The molecule has 0 spiro atoms. The van der Waals surface area contributed by atoms with E-state index in [1.807, 2.05) is 12.2 Å². The molecule has 1 aromatic heterocycles. The van der Waals surface area contributed by atoms with Gasteiger partial charge in [0, 0.05) is 18.8 Å². The van der Waals surface area contributed by atoms with Crippen molar-refractivity contribution in [1.29, 1.82) is 0 Å². The Bertz CT molecular complexity index is 1070. The molecule has 0 aliphatic carbocycles. The van der Waals surface area contributed by atoms with Gasteiger partial charge in [0.25, 0.3) is 0 Å². The molecule has 3 aromatic rings. The Morgan fingerprint density at radius 3 is 2.07 bits per heavy atom. The fourth-order valence-electron chi connectivity index (χ4n) is 2.56. The number of hydrogen-bond acceptors (Lipinski definition) is 4. The van der Waals surface area contributed by atoms with Crippen LogP contribution in [-0.2, 0) is 21.1 Å². The number of carbonyl (C=O) groups excluding carboxylic acids is 1. The van der Waals surface area contributed by atoms with Crippen LogP contribution in [0.5, 0.6) is 0 Å². The van der Waals surface area contributed by atoms with Crippen molar-refractivity contribution < 1.29 is 17.6 Å². The van der Waals surface area contributed by atoms with Crippen LogP contribution in [0.1, 0.15) is 16.7 Å². The summed E-state index contributed by atoms with van der Waals surface area (Å²) >= 11 is 0. The number of rotatable bonds is 6. The number of hydrogen-bond donors (Lipinski definition) is 0. The van der Waals surface area contributed by atoms with Crippen molar-refractivity contribution in [2.45, 2.75) is 16.2 Å². The summed E-state index contributed by atoms with van der Waals surface area (Å²) in [6.45, 7) is 0. The minimum atomic E-state index is -3.77. The van der Waals surface area contributed by atoms with E-state index < -0.39 is 9.84 Å². The third-order valence-electron chi connectivity index (χ3n) is 3.99. The summed E-state index contributed by atoms with van der Waals surface area (Å²) in [5.41, 5.74) is 2.06. The number of benzene rings is 2. The fraction of sp³-hybridized carbons (Fsp3) is 0.0476. The minimum absolute atomic E-state index is 0.00950. The highest BCUT2D eigenvalue weighted by Gasteiger charge is 2.21. The van der Waals surface area contributed by atoms with Gasteiger partial charge >= 0.3 is 0 Å². The zero-order valence-corrected chi connectivity index (χ0v) is 15.1. The molecule has 0 fully saturated rings. The molecule has 0 aliphatic heterocycles. The molecule has 2 aromatic carbocycles. The second kappa shape index (κ2) is 8.05. The summed E-state index contributed by atoms with van der Waals surface area (Å²) in [6, 6.07) is 14.0. The van der Waals surface area contributed by atoms with Crippen molar-refractivity contribution in [3.63, 3.8) is 0 Å². The van der Waals surface area contributed by atoms with Crippen molar-refractivity contribution in [3.8, 4) is 0 Å². The predicted octanol–water partition coefficient (Wildman–Crippen LogP) is 3.97. The van der Waals surface area contributed by atoms with Gasteiger partial charge in [0.2, 0.25) is 9.84 Å². The molecule has 6 heteroatoms. The van der Waals surface area contributed by atoms with Crippen molar-refractivity contribution in [3.05, 3.63) is 89.5 Å². The van der Waals surface area contributed by atoms with Crippen molar-refractivity contribution in [2.24, 2.45) is 0 Å². The average molecular weight is 381 g/mol. The Labute approximate surface area is 156 Å². The van der Waals surface area contributed by atoms with Crippen LogP contribution in [0.4, 0.5) is 4.39 Å². The van der Waals surface area contributed by atoms with E-state index in [1.165, 1.54) is 42.7 Å². The molecule has 0 saturated heterocycles. The Morgan fingerprint density at radius 1 is 0.889 bits per heavy atom. The Balaban J connectivity index is 1.86. The molecule has 0 saturated carbocycles. The van der Waals surface area contributed by atoms with Crippen LogP contribution in [-0.4, -0.2) is 19.7 Å². The maximum absolute atomic E-state index is 12.9. The predicted molar refractivity (Wildman–Crippen MR) is 101 cm³/mol. The second-order valence-electron chi connectivity index (χ2n) is 5.81. The third kappa shape index (κ3) is 4.35. The van der Waals surface area contributed by atoms with Crippen LogP contribution in [0.2, 0.25) is 0 Å². The van der Waals surface area contributed by atoms with Gasteiger partial charge in [-0.25, -0.2) is 12.8 Å². The molecular formula is C21H16FNO3S. The van der Waals surface area contributed by atoms with Gasteiger partial charge in [-0.1, -0.05) is 36.4 Å². The molecule has 136 valence electrons. The van der Waals surface area contributed by atoms with Crippen molar-refractivity contribution in [2.75, 3.05) is 0 Å². The molecule has 0 atom stereocenters. The Hall–Kier alpha value is -3.12. The second-order valence-corrected chi connectivity index (χ2v) is 7.73. The molecule has 0 aliphatic rings. The first kappa shape index (κ1) is 18.7. The lowest BCUT2D eigenvalue weighted by Crippen LogP contribution is -2.07. The van der Waals surface area contributed by atoms with Crippen LogP contribution in [0.25, 0.3) is 12.2 Å². The lowest BCUT2D eigenvalue weighted by Gasteiger charge is -2.08. The van der Waals surface area contributed by atoms with E-state index >= 15 is 0 Å². The van der Waals surface area contributed by atoms with E-state index in [2.05, 4.69) is 4.98 Å². The Kier molecular flexibility index (Phi) is 5.57. The number of aldehydes is 1. The van der Waals surface area contributed by atoms with Gasteiger partial charge in [0.15, 0.2) is 0 Å². The number of sulfone groups is 1. The number of aromatic nitrogens is 1. The molecule has 0 bridgehead atoms. The lowest BCUT2D eigenvalue weighted by molar-refractivity contribution is -0.107. The molecule has 4 nitrogen and oxygen atoms in total. The molecule has 0 amide bonds. The Morgan fingerprint density at radius 2 is 1.48 bits per heavy atom. The largest absolute Gasteiger partial charge is 0.303 e. The van der Waals surface area contributed by atoms with Crippen LogP contribution in [0.3, 0.4) is 0 Å². The van der Waals surface area contributed by atoms with Crippen LogP contribution in [0.15, 0.2) is 76.8 Å². The summed E-state index contributed by atoms with van der Waals surface area (Å²) in [5.74, 6) is -0.300. The summed E-state index contributed by atoms with van der Waals surface area (Å²) in [4.78, 5) is 14.8.